The van der Waals surface area contributed by atoms with Crippen molar-refractivity contribution >= 4 is 42.6 Å². The molecule has 3 heterocycles. The fraction of sp³-hybridized carbons (Fsp3) is 0.296. The summed E-state index contributed by atoms with van der Waals surface area (Å²) in [6, 6.07) is 12.7. The third-order valence-electron chi connectivity index (χ3n) is 6.63. The van der Waals surface area contributed by atoms with Crippen LogP contribution in [0.2, 0.25) is 0 Å². The molecule has 1 amide bonds. The molecule has 2 aromatic carbocycles. The minimum Gasteiger partial charge on any atom is -0.283 e. The zero-order valence-corrected chi connectivity index (χ0v) is 22.2. The van der Waals surface area contributed by atoms with Gasteiger partial charge in [-0.2, -0.15) is 4.31 Å². The first-order chi connectivity index (χ1) is 17.7. The third kappa shape index (κ3) is 5.27. The van der Waals surface area contributed by atoms with Crippen LogP contribution >= 0.6 is 11.3 Å². The molecule has 0 bridgehead atoms. The molecule has 192 valence electrons. The van der Waals surface area contributed by atoms with Crippen molar-refractivity contribution in [2.24, 2.45) is 5.92 Å². The predicted molar refractivity (Wildman–Crippen MR) is 142 cm³/mol. The van der Waals surface area contributed by atoms with Crippen LogP contribution in [-0.4, -0.2) is 41.7 Å². The van der Waals surface area contributed by atoms with Gasteiger partial charge in [-0.15, -0.1) is 0 Å². The van der Waals surface area contributed by atoms with Crippen LogP contribution in [0.1, 0.15) is 29.5 Å². The molecule has 1 aliphatic rings. The quantitative estimate of drug-likeness (QED) is 0.342. The van der Waals surface area contributed by atoms with Crippen molar-refractivity contribution in [1.82, 2.24) is 14.3 Å². The number of amides is 1. The second-order valence-corrected chi connectivity index (χ2v) is 12.3. The van der Waals surface area contributed by atoms with Crippen molar-refractivity contribution in [2.75, 3.05) is 18.0 Å². The molecule has 0 N–H and O–H groups in total. The van der Waals surface area contributed by atoms with Crippen LogP contribution in [0.3, 0.4) is 0 Å². The summed E-state index contributed by atoms with van der Waals surface area (Å²) in [5.74, 6) is -0.903. The Balaban J connectivity index is 1.39. The van der Waals surface area contributed by atoms with E-state index in [0.29, 0.717) is 24.5 Å². The first kappa shape index (κ1) is 25.4. The van der Waals surface area contributed by atoms with E-state index in [1.165, 1.54) is 27.8 Å². The van der Waals surface area contributed by atoms with Crippen LogP contribution in [0.25, 0.3) is 10.2 Å². The van der Waals surface area contributed by atoms with Gasteiger partial charge in [0.2, 0.25) is 15.9 Å². The number of aryl methyl sites for hydroxylation is 2. The molecule has 1 aliphatic heterocycles. The number of sulfonamides is 1. The number of fused-ring (bicyclic) bond motifs is 1. The zero-order chi connectivity index (χ0) is 26.2. The second-order valence-electron chi connectivity index (χ2n) is 9.34. The lowest BCUT2D eigenvalue weighted by Gasteiger charge is -2.33. The highest BCUT2D eigenvalue weighted by molar-refractivity contribution is 7.89. The van der Waals surface area contributed by atoms with E-state index in [9.17, 15) is 17.6 Å². The van der Waals surface area contributed by atoms with Gasteiger partial charge in [0.25, 0.3) is 0 Å². The van der Waals surface area contributed by atoms with Gasteiger partial charge in [0.05, 0.1) is 21.7 Å². The van der Waals surface area contributed by atoms with Crippen molar-refractivity contribution in [1.29, 1.82) is 0 Å². The van der Waals surface area contributed by atoms with E-state index in [1.807, 2.05) is 26.0 Å². The molecular weight excluding hydrogens is 511 g/mol. The van der Waals surface area contributed by atoms with Gasteiger partial charge in [-0.05, 0) is 79.8 Å². The Kier molecular flexibility index (Phi) is 7.06. The van der Waals surface area contributed by atoms with Gasteiger partial charge in [-0.3, -0.25) is 14.7 Å². The largest absolute Gasteiger partial charge is 0.283 e. The normalized spacial score (nSPS) is 15.2. The second kappa shape index (κ2) is 10.3. The molecule has 10 heteroatoms. The number of anilines is 1. The molecule has 0 saturated carbocycles. The minimum atomic E-state index is -3.75. The Bertz CT molecular complexity index is 1530. The maximum atomic E-state index is 13.9. The topological polar surface area (TPSA) is 83.5 Å². The molecule has 7 nitrogen and oxygen atoms in total. The van der Waals surface area contributed by atoms with Crippen LogP contribution in [0.5, 0.6) is 0 Å². The molecule has 5 rings (SSSR count). The van der Waals surface area contributed by atoms with Gasteiger partial charge >= 0.3 is 0 Å². The Morgan fingerprint density at radius 3 is 2.54 bits per heavy atom. The molecule has 0 atom stereocenters. The number of piperidine rings is 1. The number of carbonyl (C=O) groups is 1. The van der Waals surface area contributed by atoms with E-state index in [4.69, 9.17) is 4.98 Å². The maximum absolute atomic E-state index is 13.9. The van der Waals surface area contributed by atoms with E-state index >= 15 is 0 Å². The van der Waals surface area contributed by atoms with E-state index in [0.717, 1.165) is 39.0 Å². The number of nitrogens with zero attached hydrogens (tertiary/aromatic N) is 4. The molecule has 1 saturated heterocycles. The van der Waals surface area contributed by atoms with Gasteiger partial charge in [-0.1, -0.05) is 23.5 Å². The summed E-state index contributed by atoms with van der Waals surface area (Å²) in [7, 11) is -3.75. The van der Waals surface area contributed by atoms with Gasteiger partial charge in [0, 0.05) is 31.4 Å². The summed E-state index contributed by atoms with van der Waals surface area (Å²) in [4.78, 5) is 24.6. The maximum Gasteiger partial charge on any atom is 0.243 e. The van der Waals surface area contributed by atoms with E-state index < -0.39 is 15.8 Å². The smallest absolute Gasteiger partial charge is 0.243 e. The first-order valence-electron chi connectivity index (χ1n) is 12.1. The zero-order valence-electron chi connectivity index (χ0n) is 20.6. The summed E-state index contributed by atoms with van der Waals surface area (Å²) in [6.07, 6.45) is 4.22. The summed E-state index contributed by atoms with van der Waals surface area (Å²) >= 11 is 1.49. The molecule has 4 aromatic rings. The van der Waals surface area contributed by atoms with Crippen molar-refractivity contribution in [2.45, 2.75) is 38.1 Å². The summed E-state index contributed by atoms with van der Waals surface area (Å²) in [5.41, 5.74) is 3.97. The highest BCUT2D eigenvalue weighted by Crippen LogP contribution is 2.34. The molecule has 0 radical (unpaired) electrons. The molecular formula is C27H27FN4O3S2. The summed E-state index contributed by atoms with van der Waals surface area (Å²) in [5, 5.41) is 0.624. The molecule has 1 fully saturated rings. The summed E-state index contributed by atoms with van der Waals surface area (Å²) < 4.78 is 41.7. The summed E-state index contributed by atoms with van der Waals surface area (Å²) in [6.45, 7) is 4.82. The number of thiazole rings is 1. The highest BCUT2D eigenvalue weighted by Gasteiger charge is 2.35. The van der Waals surface area contributed by atoms with Gasteiger partial charge < -0.3 is 0 Å². The standard InChI is InChI=1S/C27H27FN4O3S2/c1-18-14-19(2)25-24(15-18)36-27(30-25)32(17-20-4-3-11-29-16-20)26(33)21-9-12-31(13-10-21)37(34,35)23-7-5-22(28)6-8-23/h3-8,11,14-16,21H,9-10,12-13,17H2,1-2H3. The number of hydrogen-bond acceptors (Lipinski definition) is 6. The average molecular weight is 539 g/mol. The number of aromatic nitrogens is 2. The van der Waals surface area contributed by atoms with Gasteiger partial charge in [-0.25, -0.2) is 17.8 Å². The predicted octanol–water partition coefficient (Wildman–Crippen LogP) is 5.08. The average Bonchev–Trinajstić information content (AvgIpc) is 3.32. The first-order valence-corrected chi connectivity index (χ1v) is 14.3. The number of pyridine rings is 1. The Labute approximate surface area is 219 Å². The SMILES string of the molecule is Cc1cc(C)c2nc(N(Cc3cccnc3)C(=O)C3CCN(S(=O)(=O)c4ccc(F)cc4)CC3)sc2c1. The van der Waals surface area contributed by atoms with Crippen molar-refractivity contribution in [3.63, 3.8) is 0 Å². The molecule has 0 spiro atoms. The van der Waals surface area contributed by atoms with Crippen LogP contribution < -0.4 is 4.90 Å². The Hall–Kier alpha value is -3.21. The van der Waals surface area contributed by atoms with Crippen molar-refractivity contribution in [3.8, 4) is 0 Å². The van der Waals surface area contributed by atoms with Crippen molar-refractivity contribution < 1.29 is 17.6 Å². The fourth-order valence-electron chi connectivity index (χ4n) is 4.71. The lowest BCUT2D eigenvalue weighted by molar-refractivity contribution is -0.123. The van der Waals surface area contributed by atoms with Crippen LogP contribution in [-0.2, 0) is 21.4 Å². The van der Waals surface area contributed by atoms with E-state index in [-0.39, 0.29) is 29.8 Å². The number of hydrogen-bond donors (Lipinski definition) is 0. The molecule has 0 unspecified atom stereocenters. The van der Waals surface area contributed by atoms with Gasteiger partial charge in [0.15, 0.2) is 5.13 Å². The number of halogens is 1. The molecule has 0 aliphatic carbocycles. The molecule has 2 aromatic heterocycles. The molecule has 37 heavy (non-hydrogen) atoms. The number of rotatable bonds is 6. The van der Waals surface area contributed by atoms with Crippen LogP contribution in [0.4, 0.5) is 9.52 Å². The lowest BCUT2D eigenvalue weighted by Crippen LogP contribution is -2.44. The highest BCUT2D eigenvalue weighted by atomic mass is 32.2. The van der Waals surface area contributed by atoms with Crippen LogP contribution in [0, 0.1) is 25.6 Å². The number of carbonyl (C=O) groups excluding carboxylic acids is 1. The number of benzene rings is 2. The van der Waals surface area contributed by atoms with Crippen molar-refractivity contribution in [3.05, 3.63) is 83.4 Å². The van der Waals surface area contributed by atoms with Crippen LogP contribution in [0.15, 0.2) is 65.8 Å². The Morgan fingerprint density at radius 2 is 1.86 bits per heavy atom. The monoisotopic (exact) mass is 538 g/mol. The van der Waals surface area contributed by atoms with Gasteiger partial charge in [0.1, 0.15) is 5.82 Å². The van der Waals surface area contributed by atoms with E-state index in [2.05, 4.69) is 17.1 Å². The minimum absolute atomic E-state index is 0.0528. The fourth-order valence-corrected chi connectivity index (χ4v) is 7.32. The Morgan fingerprint density at radius 1 is 1.14 bits per heavy atom. The van der Waals surface area contributed by atoms with E-state index in [1.54, 1.807) is 17.3 Å². The third-order valence-corrected chi connectivity index (χ3v) is 9.57. The lowest BCUT2D eigenvalue weighted by atomic mass is 9.96.